The van der Waals surface area contributed by atoms with Crippen molar-refractivity contribution in [2.75, 3.05) is 0 Å². The van der Waals surface area contributed by atoms with E-state index in [9.17, 15) is 18.0 Å². The molecule has 2 rings (SSSR count). The Morgan fingerprint density at radius 2 is 2.15 bits per heavy atom. The lowest BCUT2D eigenvalue weighted by atomic mass is 10.2. The summed E-state index contributed by atoms with van der Waals surface area (Å²) in [6, 6.07) is 0. The van der Waals surface area contributed by atoms with Crippen molar-refractivity contribution >= 4 is 5.97 Å². The third kappa shape index (κ3) is 2.78. The van der Waals surface area contributed by atoms with E-state index < -0.39 is 24.4 Å². The Balaban J connectivity index is 2.52. The first kappa shape index (κ1) is 14.0. The minimum atomic E-state index is -4.53. The van der Waals surface area contributed by atoms with Gasteiger partial charge in [0.25, 0.3) is 0 Å². The molecule has 0 fully saturated rings. The second-order valence-electron chi connectivity index (χ2n) is 3.95. The fourth-order valence-corrected chi connectivity index (χ4v) is 1.68. The first-order valence-corrected chi connectivity index (χ1v) is 5.58. The number of aryl methyl sites for hydroxylation is 1. The molecule has 1 N–H and O–H groups in total. The van der Waals surface area contributed by atoms with E-state index >= 15 is 0 Å². The lowest BCUT2D eigenvalue weighted by Crippen LogP contribution is -2.19. The Kier molecular flexibility index (Phi) is 3.47. The maximum atomic E-state index is 12.5. The van der Waals surface area contributed by atoms with Crippen LogP contribution in [0, 0.1) is 0 Å². The van der Waals surface area contributed by atoms with Crippen molar-refractivity contribution in [2.45, 2.75) is 26.2 Å². The molecule has 0 bridgehead atoms. The number of hydrogen-bond acceptors (Lipinski definition) is 4. The van der Waals surface area contributed by atoms with E-state index in [1.807, 2.05) is 0 Å². The van der Waals surface area contributed by atoms with E-state index in [0.29, 0.717) is 11.2 Å². The van der Waals surface area contributed by atoms with Gasteiger partial charge < -0.3 is 5.11 Å². The third-order valence-electron chi connectivity index (χ3n) is 2.50. The van der Waals surface area contributed by atoms with Gasteiger partial charge in [0.15, 0.2) is 5.69 Å². The van der Waals surface area contributed by atoms with Crippen molar-refractivity contribution in [3.05, 3.63) is 18.1 Å². The summed E-state index contributed by atoms with van der Waals surface area (Å²) in [5.41, 5.74) is -0.530. The lowest BCUT2D eigenvalue weighted by molar-refractivity contribution is -0.142. The van der Waals surface area contributed by atoms with Crippen LogP contribution in [-0.2, 0) is 13.1 Å². The second kappa shape index (κ2) is 4.94. The first-order chi connectivity index (χ1) is 9.31. The van der Waals surface area contributed by atoms with Crippen molar-refractivity contribution < 1.29 is 23.1 Å². The summed E-state index contributed by atoms with van der Waals surface area (Å²) in [6.07, 6.45) is -1.81. The van der Waals surface area contributed by atoms with Crippen molar-refractivity contribution in [1.29, 1.82) is 0 Å². The van der Waals surface area contributed by atoms with E-state index in [-0.39, 0.29) is 11.3 Å². The van der Waals surface area contributed by atoms with Gasteiger partial charge in [-0.05, 0) is 6.92 Å². The summed E-state index contributed by atoms with van der Waals surface area (Å²) in [5, 5.41) is 19.4. The number of carbonyl (C=O) groups is 1. The Morgan fingerprint density at radius 1 is 1.45 bits per heavy atom. The van der Waals surface area contributed by atoms with Crippen LogP contribution in [0.5, 0.6) is 0 Å². The molecular formula is C10H10F3N5O2. The number of carboxylic acids is 1. The van der Waals surface area contributed by atoms with Crippen LogP contribution in [0.2, 0.25) is 0 Å². The standard InChI is InChI=1S/C10H10F3N5O2/c1-2-17-4-6(3-14-17)8-7(9(19)20)15-16-18(8)5-10(11,12)13/h3-4H,2,5H2,1H3,(H,19,20). The molecule has 0 unspecified atom stereocenters. The summed E-state index contributed by atoms with van der Waals surface area (Å²) in [5.74, 6) is -1.45. The average Bonchev–Trinajstić information content (AvgIpc) is 2.92. The number of aromatic carboxylic acids is 1. The van der Waals surface area contributed by atoms with Crippen LogP contribution in [-0.4, -0.2) is 42.0 Å². The van der Waals surface area contributed by atoms with E-state index in [2.05, 4.69) is 15.4 Å². The molecule has 0 atom stereocenters. The van der Waals surface area contributed by atoms with Crippen LogP contribution in [0.3, 0.4) is 0 Å². The minimum Gasteiger partial charge on any atom is -0.476 e. The van der Waals surface area contributed by atoms with Gasteiger partial charge in [-0.1, -0.05) is 5.21 Å². The molecule has 0 amide bonds. The van der Waals surface area contributed by atoms with Crippen molar-refractivity contribution in [3.8, 4) is 11.3 Å². The fraction of sp³-hybridized carbons (Fsp3) is 0.400. The maximum Gasteiger partial charge on any atom is 0.408 e. The van der Waals surface area contributed by atoms with Crippen LogP contribution < -0.4 is 0 Å². The van der Waals surface area contributed by atoms with Crippen molar-refractivity contribution in [3.63, 3.8) is 0 Å². The molecule has 20 heavy (non-hydrogen) atoms. The zero-order valence-electron chi connectivity index (χ0n) is 10.3. The van der Waals surface area contributed by atoms with Gasteiger partial charge in [0, 0.05) is 18.3 Å². The second-order valence-corrected chi connectivity index (χ2v) is 3.95. The quantitative estimate of drug-likeness (QED) is 0.920. The number of rotatable bonds is 4. The summed E-state index contributed by atoms with van der Waals surface area (Å²) < 4.78 is 39.4. The minimum absolute atomic E-state index is 0.213. The third-order valence-corrected chi connectivity index (χ3v) is 2.50. The number of carboxylic acid groups (broad SMARTS) is 1. The molecule has 2 aromatic heterocycles. The van der Waals surface area contributed by atoms with Gasteiger partial charge in [-0.25, -0.2) is 9.48 Å². The van der Waals surface area contributed by atoms with Crippen LogP contribution in [0.15, 0.2) is 12.4 Å². The van der Waals surface area contributed by atoms with E-state index in [4.69, 9.17) is 5.11 Å². The topological polar surface area (TPSA) is 85.8 Å². The highest BCUT2D eigenvalue weighted by Crippen LogP contribution is 2.25. The zero-order chi connectivity index (χ0) is 14.9. The number of halogens is 3. The highest BCUT2D eigenvalue weighted by Gasteiger charge is 2.32. The largest absolute Gasteiger partial charge is 0.476 e. The molecule has 0 aromatic carbocycles. The predicted octanol–water partition coefficient (Wildman–Crippen LogP) is 1.42. The molecule has 2 aromatic rings. The Morgan fingerprint density at radius 3 is 2.65 bits per heavy atom. The number of hydrogen-bond donors (Lipinski definition) is 1. The molecule has 108 valence electrons. The van der Waals surface area contributed by atoms with Crippen LogP contribution in [0.25, 0.3) is 11.3 Å². The predicted molar refractivity (Wildman–Crippen MR) is 59.9 cm³/mol. The lowest BCUT2D eigenvalue weighted by Gasteiger charge is -2.08. The summed E-state index contributed by atoms with van der Waals surface area (Å²) in [4.78, 5) is 11.0. The highest BCUT2D eigenvalue weighted by atomic mass is 19.4. The zero-order valence-corrected chi connectivity index (χ0v) is 10.3. The number of aromatic nitrogens is 5. The maximum absolute atomic E-state index is 12.5. The molecule has 10 heteroatoms. The molecule has 0 aliphatic rings. The Hall–Kier alpha value is -2.39. The van der Waals surface area contributed by atoms with E-state index in [0.717, 1.165) is 0 Å². The molecule has 0 aliphatic heterocycles. The highest BCUT2D eigenvalue weighted by molar-refractivity contribution is 5.92. The molecule has 0 spiro atoms. The number of alkyl halides is 3. The average molecular weight is 289 g/mol. The van der Waals surface area contributed by atoms with Gasteiger partial charge in [-0.15, -0.1) is 5.10 Å². The molecule has 0 radical (unpaired) electrons. The van der Waals surface area contributed by atoms with Crippen LogP contribution >= 0.6 is 0 Å². The molecule has 0 saturated carbocycles. The molecule has 0 saturated heterocycles. The Labute approximate surface area is 110 Å². The van der Waals surface area contributed by atoms with Gasteiger partial charge in [-0.3, -0.25) is 4.68 Å². The van der Waals surface area contributed by atoms with Crippen LogP contribution in [0.1, 0.15) is 17.4 Å². The van der Waals surface area contributed by atoms with Crippen LogP contribution in [0.4, 0.5) is 13.2 Å². The van der Waals surface area contributed by atoms with Gasteiger partial charge >= 0.3 is 12.1 Å². The Bertz CT molecular complexity index is 631. The number of nitrogens with zero attached hydrogens (tertiary/aromatic N) is 5. The van der Waals surface area contributed by atoms with Gasteiger partial charge in [-0.2, -0.15) is 18.3 Å². The summed E-state index contributed by atoms with van der Waals surface area (Å²) in [6.45, 7) is 0.878. The van der Waals surface area contributed by atoms with E-state index in [1.165, 1.54) is 17.1 Å². The molecular weight excluding hydrogens is 279 g/mol. The fourth-order valence-electron chi connectivity index (χ4n) is 1.68. The van der Waals surface area contributed by atoms with Crippen molar-refractivity contribution in [1.82, 2.24) is 24.8 Å². The molecule has 2 heterocycles. The summed E-state index contributed by atoms with van der Waals surface area (Å²) >= 11 is 0. The van der Waals surface area contributed by atoms with Gasteiger partial charge in [0.05, 0.1) is 6.20 Å². The van der Waals surface area contributed by atoms with Gasteiger partial charge in [0.2, 0.25) is 0 Å². The smallest absolute Gasteiger partial charge is 0.408 e. The molecule has 7 nitrogen and oxygen atoms in total. The monoisotopic (exact) mass is 289 g/mol. The first-order valence-electron chi connectivity index (χ1n) is 5.58. The van der Waals surface area contributed by atoms with Gasteiger partial charge in [0.1, 0.15) is 12.2 Å². The summed E-state index contributed by atoms with van der Waals surface area (Å²) in [7, 11) is 0. The normalized spacial score (nSPS) is 11.8. The molecule has 0 aliphatic carbocycles. The SMILES string of the molecule is CCn1cc(-c2c(C(=O)O)nnn2CC(F)(F)F)cn1. The van der Waals surface area contributed by atoms with E-state index in [1.54, 1.807) is 6.92 Å². The van der Waals surface area contributed by atoms with Crippen molar-refractivity contribution in [2.24, 2.45) is 0 Å².